The standard InChI is InChI=1S/C13H19NO3/c1-10(15)7-8-13(16)14-9-11-5-3-4-6-12(11)17-2/h3-6,10,15H,7-9H2,1-2H3,(H,14,16). The second kappa shape index (κ2) is 6.91. The molecule has 17 heavy (non-hydrogen) atoms. The van der Waals surface area contributed by atoms with E-state index < -0.39 is 6.10 Å². The number of ether oxygens (including phenoxy) is 1. The molecule has 0 spiro atoms. The molecule has 4 heteroatoms. The molecule has 0 aliphatic heterocycles. The van der Waals surface area contributed by atoms with Gasteiger partial charge in [-0.1, -0.05) is 18.2 Å². The first-order valence-corrected chi connectivity index (χ1v) is 5.70. The van der Waals surface area contributed by atoms with E-state index in [0.717, 1.165) is 11.3 Å². The van der Waals surface area contributed by atoms with Crippen molar-refractivity contribution < 1.29 is 14.6 Å². The number of aliphatic hydroxyl groups is 1. The molecule has 1 atom stereocenters. The second-order valence-corrected chi connectivity index (χ2v) is 3.98. The van der Waals surface area contributed by atoms with Gasteiger partial charge < -0.3 is 15.2 Å². The molecule has 94 valence electrons. The molecule has 0 fully saturated rings. The first kappa shape index (κ1) is 13.5. The average molecular weight is 237 g/mol. The van der Waals surface area contributed by atoms with Crippen molar-refractivity contribution in [1.29, 1.82) is 0 Å². The van der Waals surface area contributed by atoms with Gasteiger partial charge in [-0.3, -0.25) is 4.79 Å². The Morgan fingerprint density at radius 1 is 1.47 bits per heavy atom. The summed E-state index contributed by atoms with van der Waals surface area (Å²) in [6.07, 6.45) is 0.386. The molecule has 4 nitrogen and oxygen atoms in total. The first-order valence-electron chi connectivity index (χ1n) is 5.70. The molecule has 1 unspecified atom stereocenters. The predicted molar refractivity (Wildman–Crippen MR) is 65.8 cm³/mol. The molecule has 1 rings (SSSR count). The van der Waals surface area contributed by atoms with Gasteiger partial charge >= 0.3 is 0 Å². The lowest BCUT2D eigenvalue weighted by atomic mass is 10.2. The van der Waals surface area contributed by atoms with Crippen molar-refractivity contribution in [2.45, 2.75) is 32.4 Å². The van der Waals surface area contributed by atoms with Gasteiger partial charge in [-0.05, 0) is 19.4 Å². The van der Waals surface area contributed by atoms with Gasteiger partial charge in [0.15, 0.2) is 0 Å². The Morgan fingerprint density at radius 3 is 2.82 bits per heavy atom. The van der Waals surface area contributed by atoms with Crippen LogP contribution in [0.1, 0.15) is 25.3 Å². The number of methoxy groups -OCH3 is 1. The molecular weight excluding hydrogens is 218 g/mol. The van der Waals surface area contributed by atoms with E-state index in [9.17, 15) is 4.79 Å². The number of aliphatic hydroxyl groups excluding tert-OH is 1. The summed E-state index contributed by atoms with van der Waals surface area (Å²) in [5.74, 6) is 0.708. The fourth-order valence-corrected chi connectivity index (χ4v) is 1.47. The monoisotopic (exact) mass is 237 g/mol. The minimum absolute atomic E-state index is 0.0585. The Kier molecular flexibility index (Phi) is 5.49. The summed E-state index contributed by atoms with van der Waals surface area (Å²) in [6.45, 7) is 2.12. The maximum atomic E-state index is 11.5. The summed E-state index contributed by atoms with van der Waals surface area (Å²) in [5, 5.41) is 11.9. The van der Waals surface area contributed by atoms with E-state index in [1.807, 2.05) is 24.3 Å². The van der Waals surface area contributed by atoms with Crippen molar-refractivity contribution in [1.82, 2.24) is 5.32 Å². The third-order valence-electron chi connectivity index (χ3n) is 2.46. The van der Waals surface area contributed by atoms with E-state index in [4.69, 9.17) is 9.84 Å². The van der Waals surface area contributed by atoms with Crippen molar-refractivity contribution in [3.63, 3.8) is 0 Å². The topological polar surface area (TPSA) is 58.6 Å². The number of carbonyl (C=O) groups is 1. The van der Waals surface area contributed by atoms with Crippen LogP contribution in [-0.2, 0) is 11.3 Å². The second-order valence-electron chi connectivity index (χ2n) is 3.98. The largest absolute Gasteiger partial charge is 0.496 e. The molecule has 0 heterocycles. The summed E-state index contributed by atoms with van der Waals surface area (Å²) >= 11 is 0. The number of carbonyl (C=O) groups excluding carboxylic acids is 1. The lowest BCUT2D eigenvalue weighted by Gasteiger charge is -2.09. The van der Waals surface area contributed by atoms with Crippen LogP contribution in [0.4, 0.5) is 0 Å². The zero-order valence-corrected chi connectivity index (χ0v) is 10.3. The van der Waals surface area contributed by atoms with Crippen LogP contribution in [-0.4, -0.2) is 24.2 Å². The number of hydrogen-bond acceptors (Lipinski definition) is 3. The molecule has 2 N–H and O–H groups in total. The number of hydrogen-bond donors (Lipinski definition) is 2. The summed E-state index contributed by atoms with van der Waals surface area (Å²) in [4.78, 5) is 11.5. The highest BCUT2D eigenvalue weighted by atomic mass is 16.5. The van der Waals surface area contributed by atoms with Gasteiger partial charge in [-0.25, -0.2) is 0 Å². The molecule has 1 amide bonds. The highest BCUT2D eigenvalue weighted by Gasteiger charge is 2.06. The fraction of sp³-hybridized carbons (Fsp3) is 0.462. The van der Waals surface area contributed by atoms with Gasteiger partial charge in [-0.15, -0.1) is 0 Å². The Bertz CT molecular complexity index is 363. The Balaban J connectivity index is 2.42. The Morgan fingerprint density at radius 2 is 2.18 bits per heavy atom. The van der Waals surface area contributed by atoms with Crippen molar-refractivity contribution in [3.8, 4) is 5.75 Å². The number of nitrogens with one attached hydrogen (secondary N) is 1. The fourth-order valence-electron chi connectivity index (χ4n) is 1.47. The van der Waals surface area contributed by atoms with Crippen molar-refractivity contribution in [3.05, 3.63) is 29.8 Å². The third kappa shape index (κ3) is 4.87. The molecular formula is C13H19NO3. The lowest BCUT2D eigenvalue weighted by Crippen LogP contribution is -2.23. The Hall–Kier alpha value is -1.55. The number of benzene rings is 1. The van der Waals surface area contributed by atoms with Crippen molar-refractivity contribution >= 4 is 5.91 Å². The van der Waals surface area contributed by atoms with Gasteiger partial charge in [0.2, 0.25) is 5.91 Å². The van der Waals surface area contributed by atoms with Gasteiger partial charge in [0, 0.05) is 18.5 Å². The van der Waals surface area contributed by atoms with Crippen LogP contribution in [0.3, 0.4) is 0 Å². The van der Waals surface area contributed by atoms with Crippen LogP contribution in [0.5, 0.6) is 5.75 Å². The van der Waals surface area contributed by atoms with E-state index in [-0.39, 0.29) is 5.91 Å². The van der Waals surface area contributed by atoms with Crippen molar-refractivity contribution in [2.75, 3.05) is 7.11 Å². The predicted octanol–water partition coefficient (Wildman–Crippen LogP) is 1.47. The zero-order chi connectivity index (χ0) is 12.7. The highest BCUT2D eigenvalue weighted by molar-refractivity contribution is 5.75. The zero-order valence-electron chi connectivity index (χ0n) is 10.3. The quantitative estimate of drug-likeness (QED) is 0.787. The molecule has 0 aliphatic carbocycles. The maximum Gasteiger partial charge on any atom is 0.220 e. The Labute approximate surface area is 102 Å². The summed E-state index contributed by atoms with van der Waals surface area (Å²) in [5.41, 5.74) is 0.945. The first-order chi connectivity index (χ1) is 8.13. The molecule has 0 aromatic heterocycles. The molecule has 0 saturated carbocycles. The van der Waals surface area contributed by atoms with Crippen LogP contribution in [0.2, 0.25) is 0 Å². The van der Waals surface area contributed by atoms with E-state index in [1.54, 1.807) is 14.0 Å². The van der Waals surface area contributed by atoms with Gasteiger partial charge in [-0.2, -0.15) is 0 Å². The highest BCUT2D eigenvalue weighted by Crippen LogP contribution is 2.16. The van der Waals surface area contributed by atoms with E-state index in [0.29, 0.717) is 19.4 Å². The van der Waals surface area contributed by atoms with Gasteiger partial charge in [0.25, 0.3) is 0 Å². The van der Waals surface area contributed by atoms with Crippen LogP contribution in [0.15, 0.2) is 24.3 Å². The van der Waals surface area contributed by atoms with Crippen LogP contribution < -0.4 is 10.1 Å². The minimum atomic E-state index is -0.438. The molecule has 0 saturated heterocycles. The molecule has 1 aromatic rings. The number of amides is 1. The molecule has 0 aliphatic rings. The molecule has 0 radical (unpaired) electrons. The summed E-state index contributed by atoms with van der Waals surface area (Å²) in [7, 11) is 1.61. The molecule has 1 aromatic carbocycles. The smallest absolute Gasteiger partial charge is 0.220 e. The van der Waals surface area contributed by atoms with Crippen LogP contribution in [0, 0.1) is 0 Å². The summed E-state index contributed by atoms with van der Waals surface area (Å²) < 4.78 is 5.18. The van der Waals surface area contributed by atoms with E-state index >= 15 is 0 Å². The third-order valence-corrected chi connectivity index (χ3v) is 2.46. The maximum absolute atomic E-state index is 11.5. The lowest BCUT2D eigenvalue weighted by molar-refractivity contribution is -0.121. The minimum Gasteiger partial charge on any atom is -0.496 e. The van der Waals surface area contributed by atoms with Gasteiger partial charge in [0.05, 0.1) is 13.2 Å². The van der Waals surface area contributed by atoms with E-state index in [2.05, 4.69) is 5.32 Å². The SMILES string of the molecule is COc1ccccc1CNC(=O)CCC(C)O. The molecule has 0 bridgehead atoms. The number of rotatable bonds is 6. The van der Waals surface area contributed by atoms with Crippen molar-refractivity contribution in [2.24, 2.45) is 0 Å². The van der Waals surface area contributed by atoms with E-state index in [1.165, 1.54) is 0 Å². The summed E-state index contributed by atoms with van der Waals surface area (Å²) in [6, 6.07) is 7.56. The average Bonchev–Trinajstić information content (AvgIpc) is 2.34. The van der Waals surface area contributed by atoms with Gasteiger partial charge in [0.1, 0.15) is 5.75 Å². The number of para-hydroxylation sites is 1. The van der Waals surface area contributed by atoms with Crippen LogP contribution in [0.25, 0.3) is 0 Å². The normalized spacial score (nSPS) is 11.9. The van der Waals surface area contributed by atoms with Crippen LogP contribution >= 0.6 is 0 Å².